The third-order valence-electron chi connectivity index (χ3n) is 4.58. The van der Waals surface area contributed by atoms with Crippen molar-refractivity contribution in [3.63, 3.8) is 0 Å². The van der Waals surface area contributed by atoms with E-state index in [1.807, 2.05) is 37.5 Å². The summed E-state index contributed by atoms with van der Waals surface area (Å²) in [7, 11) is 1.86. The molecule has 0 atom stereocenters. The van der Waals surface area contributed by atoms with Crippen molar-refractivity contribution < 1.29 is 4.79 Å². The van der Waals surface area contributed by atoms with Gasteiger partial charge in [-0.05, 0) is 25.8 Å². The average molecular weight is 323 g/mol. The number of hydrogen-bond acceptors (Lipinski definition) is 3. The molecule has 1 amide bonds. The average Bonchev–Trinajstić information content (AvgIpc) is 3.27. The summed E-state index contributed by atoms with van der Waals surface area (Å²) in [6, 6.07) is 8.38. The van der Waals surface area contributed by atoms with Crippen LogP contribution in [0.15, 0.2) is 30.5 Å². The largest absolute Gasteiger partial charge is 0.350 e. The SMILES string of the molecule is Cc1cnc(CCNC(=O)c2nn(C)c3ccccc23)n1C1CC1. The Bertz CT molecular complexity index is 903. The van der Waals surface area contributed by atoms with E-state index in [0.717, 1.165) is 23.1 Å². The molecule has 0 saturated heterocycles. The van der Waals surface area contributed by atoms with Crippen LogP contribution in [0.1, 0.15) is 40.9 Å². The van der Waals surface area contributed by atoms with Gasteiger partial charge in [0.15, 0.2) is 5.69 Å². The Morgan fingerprint density at radius 3 is 2.92 bits per heavy atom. The molecule has 1 N–H and O–H groups in total. The smallest absolute Gasteiger partial charge is 0.272 e. The lowest BCUT2D eigenvalue weighted by molar-refractivity contribution is 0.0950. The molecule has 1 aliphatic rings. The number of aromatic nitrogens is 4. The molecule has 1 aromatic carbocycles. The van der Waals surface area contributed by atoms with Crippen molar-refractivity contribution >= 4 is 16.8 Å². The molecule has 0 unspecified atom stereocenters. The summed E-state index contributed by atoms with van der Waals surface area (Å²) < 4.78 is 4.05. The zero-order valence-corrected chi connectivity index (χ0v) is 14.0. The molecule has 0 spiro atoms. The topological polar surface area (TPSA) is 64.7 Å². The maximum absolute atomic E-state index is 12.5. The number of para-hydroxylation sites is 1. The minimum atomic E-state index is -0.131. The van der Waals surface area contributed by atoms with Crippen LogP contribution in [0.4, 0.5) is 0 Å². The highest BCUT2D eigenvalue weighted by Crippen LogP contribution is 2.36. The quantitative estimate of drug-likeness (QED) is 0.784. The first-order chi connectivity index (χ1) is 11.6. The molecule has 6 nitrogen and oxygen atoms in total. The summed E-state index contributed by atoms with van der Waals surface area (Å²) in [5.41, 5.74) is 2.65. The molecule has 4 rings (SSSR count). The minimum Gasteiger partial charge on any atom is -0.350 e. The van der Waals surface area contributed by atoms with Gasteiger partial charge in [0.2, 0.25) is 0 Å². The standard InChI is InChI=1S/C18H21N5O/c1-12-11-20-16(23(12)13-7-8-13)9-10-19-18(24)17-14-5-3-4-6-15(14)22(2)21-17/h3-6,11,13H,7-10H2,1-2H3,(H,19,24). The first kappa shape index (κ1) is 14.9. The number of carbonyl (C=O) groups is 1. The Kier molecular flexibility index (Phi) is 3.59. The number of fused-ring (bicyclic) bond motifs is 1. The van der Waals surface area contributed by atoms with Crippen LogP contribution in [0.25, 0.3) is 10.9 Å². The van der Waals surface area contributed by atoms with E-state index in [0.29, 0.717) is 18.3 Å². The number of amides is 1. The molecule has 0 bridgehead atoms. The van der Waals surface area contributed by atoms with E-state index >= 15 is 0 Å². The monoisotopic (exact) mass is 323 g/mol. The fraction of sp³-hybridized carbons (Fsp3) is 0.389. The van der Waals surface area contributed by atoms with Gasteiger partial charge in [-0.15, -0.1) is 0 Å². The van der Waals surface area contributed by atoms with Crippen LogP contribution < -0.4 is 5.32 Å². The van der Waals surface area contributed by atoms with Crippen molar-refractivity contribution in [1.29, 1.82) is 0 Å². The summed E-state index contributed by atoms with van der Waals surface area (Å²) in [5.74, 6) is 0.925. The van der Waals surface area contributed by atoms with Crippen molar-refractivity contribution in [2.75, 3.05) is 6.54 Å². The third-order valence-corrected chi connectivity index (χ3v) is 4.58. The van der Waals surface area contributed by atoms with Gasteiger partial charge in [-0.3, -0.25) is 9.48 Å². The predicted octanol–water partition coefficient (Wildman–Crippen LogP) is 2.39. The summed E-state index contributed by atoms with van der Waals surface area (Å²) in [6.45, 7) is 2.65. The lowest BCUT2D eigenvalue weighted by Gasteiger charge is -2.09. The van der Waals surface area contributed by atoms with Crippen LogP contribution in [-0.4, -0.2) is 31.8 Å². The van der Waals surface area contributed by atoms with E-state index in [-0.39, 0.29) is 5.91 Å². The molecule has 2 heterocycles. The second-order valence-electron chi connectivity index (χ2n) is 6.41. The van der Waals surface area contributed by atoms with Gasteiger partial charge < -0.3 is 9.88 Å². The molecule has 2 aromatic heterocycles. The van der Waals surface area contributed by atoms with Crippen LogP contribution in [-0.2, 0) is 13.5 Å². The van der Waals surface area contributed by atoms with Gasteiger partial charge in [0, 0.05) is 43.3 Å². The highest BCUT2D eigenvalue weighted by molar-refractivity contribution is 6.04. The number of hydrogen-bond donors (Lipinski definition) is 1. The number of carbonyl (C=O) groups excluding carboxylic acids is 1. The van der Waals surface area contributed by atoms with Gasteiger partial charge in [-0.25, -0.2) is 4.98 Å². The molecule has 1 saturated carbocycles. The second-order valence-corrected chi connectivity index (χ2v) is 6.41. The first-order valence-corrected chi connectivity index (χ1v) is 8.38. The number of nitrogens with one attached hydrogen (secondary N) is 1. The fourth-order valence-electron chi connectivity index (χ4n) is 3.27. The van der Waals surface area contributed by atoms with Gasteiger partial charge >= 0.3 is 0 Å². The lowest BCUT2D eigenvalue weighted by Crippen LogP contribution is -2.27. The van der Waals surface area contributed by atoms with Gasteiger partial charge in [0.05, 0.1) is 5.52 Å². The van der Waals surface area contributed by atoms with E-state index < -0.39 is 0 Å². The van der Waals surface area contributed by atoms with Crippen LogP contribution in [0.5, 0.6) is 0 Å². The summed E-state index contributed by atoms with van der Waals surface area (Å²) in [6.07, 6.45) is 5.12. The minimum absolute atomic E-state index is 0.131. The highest BCUT2D eigenvalue weighted by atomic mass is 16.1. The van der Waals surface area contributed by atoms with E-state index in [2.05, 4.69) is 26.9 Å². The molecule has 6 heteroatoms. The van der Waals surface area contributed by atoms with Crippen molar-refractivity contribution in [3.05, 3.63) is 47.7 Å². The maximum atomic E-state index is 12.5. The van der Waals surface area contributed by atoms with E-state index in [1.54, 1.807) is 4.68 Å². The van der Waals surface area contributed by atoms with Gasteiger partial charge in [-0.2, -0.15) is 5.10 Å². The van der Waals surface area contributed by atoms with Crippen molar-refractivity contribution in [2.24, 2.45) is 7.05 Å². The molecule has 1 aliphatic carbocycles. The molecule has 1 fully saturated rings. The predicted molar refractivity (Wildman–Crippen MR) is 92.0 cm³/mol. The van der Waals surface area contributed by atoms with Crippen molar-refractivity contribution in [3.8, 4) is 0 Å². The molecular formula is C18H21N5O. The van der Waals surface area contributed by atoms with Gasteiger partial charge in [0.25, 0.3) is 5.91 Å². The van der Waals surface area contributed by atoms with Crippen LogP contribution in [0.3, 0.4) is 0 Å². The zero-order valence-electron chi connectivity index (χ0n) is 14.0. The molecular weight excluding hydrogens is 302 g/mol. The van der Waals surface area contributed by atoms with Crippen molar-refractivity contribution in [1.82, 2.24) is 24.6 Å². The number of aryl methyl sites for hydroxylation is 2. The normalized spacial score (nSPS) is 14.2. The number of nitrogens with zero attached hydrogens (tertiary/aromatic N) is 4. The highest BCUT2D eigenvalue weighted by Gasteiger charge is 2.27. The fourth-order valence-corrected chi connectivity index (χ4v) is 3.27. The van der Waals surface area contributed by atoms with Crippen LogP contribution in [0.2, 0.25) is 0 Å². The van der Waals surface area contributed by atoms with E-state index in [4.69, 9.17) is 0 Å². The van der Waals surface area contributed by atoms with Crippen LogP contribution in [0, 0.1) is 6.92 Å². The molecule has 0 aliphatic heterocycles. The van der Waals surface area contributed by atoms with Gasteiger partial charge in [0.1, 0.15) is 5.82 Å². The third kappa shape index (κ3) is 2.58. The Labute approximate surface area is 140 Å². The summed E-state index contributed by atoms with van der Waals surface area (Å²) in [5, 5.41) is 8.22. The van der Waals surface area contributed by atoms with E-state index in [1.165, 1.54) is 18.5 Å². The molecule has 0 radical (unpaired) electrons. The van der Waals surface area contributed by atoms with Gasteiger partial charge in [-0.1, -0.05) is 18.2 Å². The lowest BCUT2D eigenvalue weighted by atomic mass is 10.2. The number of benzene rings is 1. The first-order valence-electron chi connectivity index (χ1n) is 8.38. The maximum Gasteiger partial charge on any atom is 0.272 e. The number of rotatable bonds is 5. The Morgan fingerprint density at radius 2 is 2.12 bits per heavy atom. The molecule has 124 valence electrons. The summed E-state index contributed by atoms with van der Waals surface area (Å²) in [4.78, 5) is 17.0. The Morgan fingerprint density at radius 1 is 1.33 bits per heavy atom. The molecule has 3 aromatic rings. The van der Waals surface area contributed by atoms with E-state index in [9.17, 15) is 4.79 Å². The second kappa shape index (κ2) is 5.78. The Balaban J connectivity index is 1.45. The van der Waals surface area contributed by atoms with Crippen molar-refractivity contribution in [2.45, 2.75) is 32.2 Å². The Hall–Kier alpha value is -2.63. The molecule has 24 heavy (non-hydrogen) atoms. The number of imidazole rings is 1. The zero-order chi connectivity index (χ0) is 16.7. The van der Waals surface area contributed by atoms with Crippen LogP contribution >= 0.6 is 0 Å². The summed E-state index contributed by atoms with van der Waals surface area (Å²) >= 11 is 0.